The molecule has 3 nitrogen and oxygen atoms in total. The van der Waals surface area contributed by atoms with Crippen LogP contribution in [0, 0.1) is 0 Å². The summed E-state index contributed by atoms with van der Waals surface area (Å²) in [6.45, 7) is 0.630. The van der Waals surface area contributed by atoms with E-state index in [1.54, 1.807) is 0 Å². The molecule has 0 aliphatic rings. The lowest BCUT2D eigenvalue weighted by Crippen LogP contribution is -1.94. The van der Waals surface area contributed by atoms with E-state index in [9.17, 15) is 0 Å². The van der Waals surface area contributed by atoms with Gasteiger partial charge in [-0.25, -0.2) is 0 Å². The number of ether oxygens (including phenoxy) is 1. The molecule has 0 saturated carbocycles. The maximum Gasteiger partial charge on any atom is 0.317 e. The van der Waals surface area contributed by atoms with Crippen LogP contribution < -0.4 is 4.74 Å². The zero-order chi connectivity index (χ0) is 14.1. The van der Waals surface area contributed by atoms with Crippen LogP contribution in [0.2, 0.25) is 0 Å². The number of rotatable bonds is 3. The van der Waals surface area contributed by atoms with Crippen LogP contribution in [0.25, 0.3) is 0 Å². The van der Waals surface area contributed by atoms with Gasteiger partial charge in [0.2, 0.25) is 0 Å². The Bertz CT molecular complexity index is 524. The fourth-order valence-electron chi connectivity index (χ4n) is 1.26. The molecular formula is C13H12Cl2O3S. The van der Waals surface area contributed by atoms with Crippen LogP contribution in [0.15, 0.2) is 60.7 Å². The van der Waals surface area contributed by atoms with Crippen LogP contribution in [-0.4, -0.2) is 8.42 Å². The highest BCUT2D eigenvalue weighted by Gasteiger charge is 1.92. The normalized spacial score (nSPS) is 10.2. The Kier molecular flexibility index (Phi) is 6.70. The van der Waals surface area contributed by atoms with E-state index in [0.29, 0.717) is 6.61 Å². The van der Waals surface area contributed by atoms with Crippen LogP contribution in [0.3, 0.4) is 0 Å². The van der Waals surface area contributed by atoms with Gasteiger partial charge in [-0.1, -0.05) is 48.5 Å². The number of para-hydroxylation sites is 1. The third-order valence-corrected chi connectivity index (χ3v) is 1.99. The minimum atomic E-state index is -3.72. The molecule has 0 heterocycles. The number of hydrogen-bond acceptors (Lipinski definition) is 3. The summed E-state index contributed by atoms with van der Waals surface area (Å²) < 4.78 is 23.9. The van der Waals surface area contributed by atoms with Crippen molar-refractivity contribution in [3.8, 4) is 5.75 Å². The Morgan fingerprint density at radius 3 is 1.74 bits per heavy atom. The summed E-state index contributed by atoms with van der Waals surface area (Å²) >= 11 is 0. The van der Waals surface area contributed by atoms with Gasteiger partial charge in [0.1, 0.15) is 12.4 Å². The van der Waals surface area contributed by atoms with Crippen molar-refractivity contribution in [1.29, 1.82) is 0 Å². The first-order valence-electron chi connectivity index (χ1n) is 5.31. The smallest absolute Gasteiger partial charge is 0.317 e. The maximum atomic E-state index is 9.16. The van der Waals surface area contributed by atoms with E-state index in [1.807, 2.05) is 48.5 Å². The summed E-state index contributed by atoms with van der Waals surface area (Å²) in [6, 6.07) is 20.0. The van der Waals surface area contributed by atoms with Crippen molar-refractivity contribution in [3.05, 3.63) is 66.2 Å². The van der Waals surface area contributed by atoms with Gasteiger partial charge in [0.25, 0.3) is 0 Å². The lowest BCUT2D eigenvalue weighted by molar-refractivity contribution is 0.306. The highest BCUT2D eigenvalue weighted by atomic mass is 36.0. The first kappa shape index (κ1) is 15.8. The predicted molar refractivity (Wildman–Crippen MR) is 77.8 cm³/mol. The van der Waals surface area contributed by atoms with Gasteiger partial charge in [0, 0.05) is 21.4 Å². The van der Waals surface area contributed by atoms with Crippen molar-refractivity contribution in [2.24, 2.45) is 0 Å². The van der Waals surface area contributed by atoms with Gasteiger partial charge in [0.05, 0.1) is 0 Å². The molecule has 2 aromatic carbocycles. The lowest BCUT2D eigenvalue weighted by atomic mass is 10.2. The molecule has 102 valence electrons. The van der Waals surface area contributed by atoms with Crippen LogP contribution in [0.5, 0.6) is 5.75 Å². The average molecular weight is 319 g/mol. The van der Waals surface area contributed by atoms with E-state index < -0.39 is 8.26 Å². The molecule has 2 aromatic rings. The van der Waals surface area contributed by atoms with Gasteiger partial charge in [-0.05, 0) is 17.7 Å². The first-order chi connectivity index (χ1) is 8.95. The SMILES string of the molecule is O=S(=O)(Cl)Cl.c1ccc(COc2ccccc2)cc1. The van der Waals surface area contributed by atoms with Gasteiger partial charge in [-0.15, -0.1) is 0 Å². The zero-order valence-corrected chi connectivity index (χ0v) is 12.2. The second-order valence-electron chi connectivity index (χ2n) is 3.47. The highest BCUT2D eigenvalue weighted by Crippen LogP contribution is 2.11. The lowest BCUT2D eigenvalue weighted by Gasteiger charge is -2.05. The number of halogens is 2. The van der Waals surface area contributed by atoms with Gasteiger partial charge >= 0.3 is 8.26 Å². The summed E-state index contributed by atoms with van der Waals surface area (Å²) in [5.74, 6) is 0.913. The van der Waals surface area contributed by atoms with Crippen molar-refractivity contribution in [2.45, 2.75) is 6.61 Å². The summed E-state index contributed by atoms with van der Waals surface area (Å²) in [5, 5.41) is 0. The van der Waals surface area contributed by atoms with E-state index in [1.165, 1.54) is 5.56 Å². The molecule has 0 amide bonds. The summed E-state index contributed by atoms with van der Waals surface area (Å²) in [6.07, 6.45) is 0. The Balaban J connectivity index is 0.000000312. The van der Waals surface area contributed by atoms with E-state index in [4.69, 9.17) is 13.2 Å². The number of benzene rings is 2. The van der Waals surface area contributed by atoms with E-state index >= 15 is 0 Å². The molecule has 0 aliphatic heterocycles. The van der Waals surface area contributed by atoms with Gasteiger partial charge in [0.15, 0.2) is 0 Å². The molecule has 0 atom stereocenters. The summed E-state index contributed by atoms with van der Waals surface area (Å²) in [7, 11) is 4.81. The van der Waals surface area contributed by atoms with Crippen molar-refractivity contribution in [2.75, 3.05) is 0 Å². The second kappa shape index (κ2) is 8.04. The Morgan fingerprint density at radius 1 is 0.842 bits per heavy atom. The third-order valence-electron chi connectivity index (χ3n) is 1.99. The Labute approximate surface area is 121 Å². The predicted octanol–water partition coefficient (Wildman–Crippen LogP) is 3.97. The molecule has 0 aliphatic carbocycles. The fraction of sp³-hybridized carbons (Fsp3) is 0.0769. The number of hydrogen-bond donors (Lipinski definition) is 0. The molecular weight excluding hydrogens is 307 g/mol. The van der Waals surface area contributed by atoms with Gasteiger partial charge in [-0.3, -0.25) is 0 Å². The van der Waals surface area contributed by atoms with Crippen molar-refractivity contribution in [1.82, 2.24) is 0 Å². The molecule has 0 spiro atoms. The Hall–Kier alpha value is -1.23. The van der Waals surface area contributed by atoms with Crippen LogP contribution >= 0.6 is 21.4 Å². The molecule has 0 saturated heterocycles. The molecule has 0 N–H and O–H groups in total. The Morgan fingerprint density at radius 2 is 1.26 bits per heavy atom. The third kappa shape index (κ3) is 9.36. The molecule has 2 rings (SSSR count). The minimum Gasteiger partial charge on any atom is -0.489 e. The van der Waals surface area contributed by atoms with Crippen molar-refractivity contribution >= 4 is 29.6 Å². The summed E-state index contributed by atoms with van der Waals surface area (Å²) in [4.78, 5) is 0. The molecule has 0 bridgehead atoms. The first-order valence-corrected chi connectivity index (χ1v) is 8.45. The summed E-state index contributed by atoms with van der Waals surface area (Å²) in [5.41, 5.74) is 1.19. The molecule has 0 fully saturated rings. The molecule has 19 heavy (non-hydrogen) atoms. The maximum absolute atomic E-state index is 9.16. The van der Waals surface area contributed by atoms with E-state index in [0.717, 1.165) is 5.75 Å². The molecule has 0 radical (unpaired) electrons. The van der Waals surface area contributed by atoms with E-state index in [2.05, 4.69) is 33.5 Å². The van der Waals surface area contributed by atoms with Gasteiger partial charge < -0.3 is 4.74 Å². The molecule has 0 unspecified atom stereocenters. The van der Waals surface area contributed by atoms with Crippen LogP contribution in [0.1, 0.15) is 5.56 Å². The molecule has 6 heteroatoms. The van der Waals surface area contributed by atoms with Crippen LogP contribution in [0.4, 0.5) is 0 Å². The minimum absolute atomic E-state index is 0.630. The molecule has 0 aromatic heterocycles. The highest BCUT2D eigenvalue weighted by molar-refractivity contribution is 8.31. The topological polar surface area (TPSA) is 43.4 Å². The van der Waals surface area contributed by atoms with Gasteiger partial charge in [-0.2, -0.15) is 8.42 Å². The van der Waals surface area contributed by atoms with E-state index in [-0.39, 0.29) is 0 Å². The zero-order valence-electron chi connectivity index (χ0n) is 9.87. The largest absolute Gasteiger partial charge is 0.489 e. The van der Waals surface area contributed by atoms with Crippen LogP contribution in [-0.2, 0) is 14.9 Å². The second-order valence-corrected chi connectivity index (χ2v) is 7.13. The van der Waals surface area contributed by atoms with Crippen molar-refractivity contribution in [3.63, 3.8) is 0 Å². The monoisotopic (exact) mass is 318 g/mol. The quantitative estimate of drug-likeness (QED) is 0.804. The standard InChI is InChI=1S/C13H12O.Cl2O2S/c1-3-7-12(8-4-1)11-14-13-9-5-2-6-10-13;1-5(2,3)4/h1-10H,11H2;. The van der Waals surface area contributed by atoms with Crippen molar-refractivity contribution < 1.29 is 13.2 Å². The average Bonchev–Trinajstić information content (AvgIpc) is 2.37. The fourth-order valence-corrected chi connectivity index (χ4v) is 1.26.